The Bertz CT molecular complexity index is 10900. The number of benzene rings is 18. The van der Waals surface area contributed by atoms with Gasteiger partial charge in [0.25, 0.3) is 0 Å². The zero-order valence-corrected chi connectivity index (χ0v) is 75.3. The molecule has 0 amide bonds. The van der Waals surface area contributed by atoms with E-state index < -0.39 is 0 Å². The van der Waals surface area contributed by atoms with Crippen LogP contribution in [0.2, 0.25) is 0 Å². The highest BCUT2D eigenvalue weighted by Crippen LogP contribution is 2.61. The highest BCUT2D eigenvalue weighted by molar-refractivity contribution is 6.32. The average molecular weight is 1840 g/mol. The van der Waals surface area contributed by atoms with Crippen LogP contribution in [0.5, 0.6) is 0 Å². The predicted molar refractivity (Wildman–Crippen MR) is 567 cm³/mol. The van der Waals surface area contributed by atoms with Crippen molar-refractivity contribution in [3.63, 3.8) is 0 Å². The van der Waals surface area contributed by atoms with E-state index in [-0.39, 0.29) is 0 Å². The minimum atomic E-state index is 0.428. The Kier molecular flexibility index (Phi) is 16.0. The second kappa shape index (κ2) is 29.6. The second-order valence-electron chi connectivity index (χ2n) is 36.4. The van der Waals surface area contributed by atoms with E-state index in [0.29, 0.717) is 72.7 Å². The third kappa shape index (κ3) is 11.2. The van der Waals surface area contributed by atoms with Crippen molar-refractivity contribution in [2.75, 3.05) is 0 Å². The maximum Gasteiger partial charge on any atom is 0.200 e. The van der Waals surface area contributed by atoms with Crippen molar-refractivity contribution in [2.45, 2.75) is 0 Å². The molecule has 0 atom stereocenters. The molecule has 13 aromatic heterocycles. The topological polar surface area (TPSA) is 285 Å². The summed E-state index contributed by atoms with van der Waals surface area (Å²) in [5.41, 5.74) is 41.4. The van der Waals surface area contributed by atoms with Gasteiger partial charge in [0.1, 0.15) is 77.8 Å². The summed E-state index contributed by atoms with van der Waals surface area (Å²) < 4.78 is 25.6. The van der Waals surface area contributed by atoms with Crippen LogP contribution < -0.4 is 0 Å². The molecule has 0 unspecified atom stereocenters. The minimum Gasteiger partial charge on any atom is -0.456 e. The molecule has 0 bridgehead atoms. The van der Waals surface area contributed by atoms with Crippen LogP contribution in [0.4, 0.5) is 0 Å². The van der Waals surface area contributed by atoms with E-state index in [1.165, 1.54) is 104 Å². The van der Waals surface area contributed by atoms with E-state index in [0.717, 1.165) is 166 Å². The van der Waals surface area contributed by atoms with Gasteiger partial charge < -0.3 is 17.7 Å². The normalized spacial score (nSPS) is 12.3. The molecule has 35 rings (SSSR count). The number of rotatable bonds is 4. The van der Waals surface area contributed by atoms with Gasteiger partial charge in [-0.1, -0.05) is 231 Å². The van der Waals surface area contributed by atoms with E-state index in [1.54, 1.807) is 62.0 Å². The first-order chi connectivity index (χ1) is 71.4. The molecule has 0 N–H and O–H groups in total. The fourth-order valence-corrected chi connectivity index (χ4v) is 23.1. The Hall–Kier alpha value is -20.3. The number of fused-ring (bicyclic) bond motifs is 34. The van der Waals surface area contributed by atoms with E-state index in [4.69, 9.17) is 47.6 Å². The molecule has 22 heteroatoms. The van der Waals surface area contributed by atoms with Crippen molar-refractivity contribution < 1.29 is 17.7 Å². The average Bonchev–Trinajstić information content (AvgIpc) is 1.53. The van der Waals surface area contributed by atoms with E-state index in [2.05, 4.69) is 260 Å². The van der Waals surface area contributed by atoms with Crippen molar-refractivity contribution in [1.82, 2.24) is 89.7 Å². The molecular formula is C122H60N18O4. The van der Waals surface area contributed by atoms with Crippen molar-refractivity contribution >= 4 is 209 Å². The summed E-state index contributed by atoms with van der Waals surface area (Å²) in [6.45, 7) is 0. The standard InChI is InChI=1S/C34H16N6O.C30H14N6O.C30H16N2O.C28H14N4O/c1-2-10-23-19(7-1)27-24(41-23)15-21-18-8-3-5-17-6-4-9-20(25(17)18)26(21)28(27)22-16-39-33-31-29(35-11-12-37-31)30-32(34(33)40-22)38-14-13-36-30;1-2-10-21-17(7-1)25-22(37-21)13-19-16-8-3-5-15-6-4-9-18(23(15)16)24(19)26(25)20-14-33-29-30(34-20)36-28-27(35-29)31-11-12-32-28;1-4-14-25-19(9-1)29-26(33-25)15-21-18-10-5-7-17-8-6-11-20(27(17)18)28(21)30(29)24-16-31-22-12-2-3-13-23(22)32-24;1-2-10-21-17(7-1)25-22(33-21)13-19-16-8-3-5-15-6-4-9-18(23(15)16)24(19)26(25)20-14-31-27-28(32-20)30-12-11-29-27/h1-16H;1-14H;1-16H;1-14H. The zero-order valence-electron chi connectivity index (χ0n) is 75.3. The monoisotopic (exact) mass is 1840 g/mol. The lowest BCUT2D eigenvalue weighted by Crippen LogP contribution is -1.98. The third-order valence-electron chi connectivity index (χ3n) is 28.9. The van der Waals surface area contributed by atoms with Crippen LogP contribution in [0.3, 0.4) is 0 Å². The van der Waals surface area contributed by atoms with Gasteiger partial charge >= 0.3 is 0 Å². The summed E-state index contributed by atoms with van der Waals surface area (Å²) in [5.74, 6) is 0. The SMILES string of the molecule is c1cc2c3c(cccc3c1)-c1c-2cc2oc3ccccc3c2c1-c1cnc2c3nccnc3c3nccnc3c2n1.c1cc2c3c(cccc3c1)-c1c-2cc2oc3ccccc3c2c1-c1cnc2ccccc2n1.c1cc2c3c(cccc3c1)-c1c-2cc2oc3ccccc3c2c1-c1cnc2nc3nccnc3nc2n1.c1cc2c3c(cccc3c1)-c1c-2cc2oc3ccccc3c2c1-c1cnc2nccnc2n1. The molecular weight excluding hydrogens is 1780 g/mol. The van der Waals surface area contributed by atoms with Gasteiger partial charge in [-0.2, -0.15) is 0 Å². The molecule has 0 saturated carbocycles. The molecule has 13 heterocycles. The van der Waals surface area contributed by atoms with Gasteiger partial charge in [-0.25, -0.2) is 64.8 Å². The number of nitrogens with zero attached hydrogens (tertiary/aromatic N) is 18. The van der Waals surface area contributed by atoms with Crippen LogP contribution in [0.1, 0.15) is 0 Å². The molecule has 662 valence electrons. The van der Waals surface area contributed by atoms with Crippen molar-refractivity contribution in [3.05, 3.63) is 366 Å². The molecule has 31 aromatic rings. The van der Waals surface area contributed by atoms with Crippen molar-refractivity contribution in [3.8, 4) is 134 Å². The van der Waals surface area contributed by atoms with Gasteiger partial charge in [0.05, 0.1) is 58.6 Å². The fourth-order valence-electron chi connectivity index (χ4n) is 23.1. The Balaban J connectivity index is 0.0000000863. The van der Waals surface area contributed by atoms with Crippen molar-refractivity contribution in [2.24, 2.45) is 0 Å². The first-order valence-corrected chi connectivity index (χ1v) is 47.2. The van der Waals surface area contributed by atoms with Gasteiger partial charge in [-0.05, 0) is 171 Å². The molecule has 18 aromatic carbocycles. The van der Waals surface area contributed by atoms with Gasteiger partial charge in [0.2, 0.25) is 5.65 Å². The van der Waals surface area contributed by atoms with Crippen LogP contribution in [-0.2, 0) is 0 Å². The molecule has 0 saturated heterocycles. The maximum absolute atomic E-state index is 6.46. The summed E-state index contributed by atoms with van der Waals surface area (Å²) in [7, 11) is 0. The van der Waals surface area contributed by atoms with Gasteiger partial charge in [-0.15, -0.1) is 0 Å². The summed E-state index contributed by atoms with van der Waals surface area (Å²) in [6, 6.07) is 101. The molecule has 4 aliphatic carbocycles. The molecule has 144 heavy (non-hydrogen) atoms. The Labute approximate surface area is 810 Å². The van der Waals surface area contributed by atoms with Gasteiger partial charge in [0.15, 0.2) is 28.2 Å². The summed E-state index contributed by atoms with van der Waals surface area (Å²) in [6.07, 6.45) is 20.5. The molecule has 22 nitrogen and oxygen atoms in total. The highest BCUT2D eigenvalue weighted by Gasteiger charge is 2.36. The second-order valence-corrected chi connectivity index (χ2v) is 36.4. The zero-order chi connectivity index (χ0) is 93.8. The molecule has 0 spiro atoms. The van der Waals surface area contributed by atoms with E-state index >= 15 is 0 Å². The lowest BCUT2D eigenvalue weighted by molar-refractivity contribution is 0.669. The molecule has 0 radical (unpaired) electrons. The van der Waals surface area contributed by atoms with Crippen LogP contribution in [-0.4, -0.2) is 89.7 Å². The number of hydrogen-bond acceptors (Lipinski definition) is 22. The van der Waals surface area contributed by atoms with Crippen LogP contribution >= 0.6 is 0 Å². The summed E-state index contributed by atoms with van der Waals surface area (Å²) >= 11 is 0. The largest absolute Gasteiger partial charge is 0.456 e. The lowest BCUT2D eigenvalue weighted by atomic mass is 9.92. The number of hydrogen-bond donors (Lipinski definition) is 0. The van der Waals surface area contributed by atoms with Gasteiger partial charge in [0, 0.05) is 137 Å². The number of aromatic nitrogens is 18. The number of furan rings is 4. The quantitative estimate of drug-likeness (QED) is 0.117. The van der Waals surface area contributed by atoms with E-state index in [1.807, 2.05) is 103 Å². The number of para-hydroxylation sites is 6. The Morgan fingerprint density at radius 2 is 0.424 bits per heavy atom. The van der Waals surface area contributed by atoms with Crippen LogP contribution in [0.25, 0.3) is 343 Å². The molecule has 0 aliphatic heterocycles. The third-order valence-corrected chi connectivity index (χ3v) is 28.9. The lowest BCUT2D eigenvalue weighted by Gasteiger charge is -2.13. The fraction of sp³-hybridized carbons (Fsp3) is 0. The Morgan fingerprint density at radius 3 is 0.812 bits per heavy atom. The smallest absolute Gasteiger partial charge is 0.200 e. The molecule has 4 aliphatic rings. The van der Waals surface area contributed by atoms with Crippen LogP contribution in [0, 0.1) is 0 Å². The summed E-state index contributed by atoms with van der Waals surface area (Å²) in [4.78, 5) is 84.1. The minimum absolute atomic E-state index is 0.428. The maximum atomic E-state index is 6.46. The summed E-state index contributed by atoms with van der Waals surface area (Å²) in [5, 5.41) is 18.4. The first-order valence-electron chi connectivity index (χ1n) is 47.2. The van der Waals surface area contributed by atoms with Gasteiger partial charge in [-0.3, -0.25) is 24.9 Å². The Morgan fingerprint density at radius 1 is 0.153 bits per heavy atom. The van der Waals surface area contributed by atoms with Crippen molar-refractivity contribution in [1.29, 1.82) is 0 Å². The molecule has 0 fully saturated rings. The first kappa shape index (κ1) is 77.9. The predicted octanol–water partition coefficient (Wildman–Crippen LogP) is 29.4. The van der Waals surface area contributed by atoms with E-state index in [9.17, 15) is 0 Å². The highest BCUT2D eigenvalue weighted by atomic mass is 16.3. The van der Waals surface area contributed by atoms with Crippen LogP contribution in [0.15, 0.2) is 383 Å².